The van der Waals surface area contributed by atoms with Crippen LogP contribution in [0.3, 0.4) is 0 Å². The minimum Gasteiger partial charge on any atom is -0.459 e. The zero-order valence-electron chi connectivity index (χ0n) is 18.3. The van der Waals surface area contributed by atoms with Gasteiger partial charge in [-0.05, 0) is 50.7 Å². The van der Waals surface area contributed by atoms with Crippen LogP contribution >= 0.6 is 0 Å². The van der Waals surface area contributed by atoms with Crippen LogP contribution in [0.5, 0.6) is 0 Å². The van der Waals surface area contributed by atoms with Gasteiger partial charge >= 0.3 is 0 Å². The average Bonchev–Trinajstić information content (AvgIpc) is 3.53. The lowest BCUT2D eigenvalue weighted by atomic mass is 9.95. The number of carbonyl (C=O) groups excluding carboxylic acids is 1. The van der Waals surface area contributed by atoms with Gasteiger partial charge in [0.15, 0.2) is 11.4 Å². The van der Waals surface area contributed by atoms with Crippen LogP contribution < -0.4 is 4.90 Å². The van der Waals surface area contributed by atoms with Gasteiger partial charge in [-0.25, -0.2) is 4.98 Å². The number of furan rings is 1. The number of piperazine rings is 1. The van der Waals surface area contributed by atoms with Crippen molar-refractivity contribution in [3.63, 3.8) is 0 Å². The van der Waals surface area contributed by atoms with Crippen LogP contribution in [-0.2, 0) is 17.6 Å². The number of carbonyl (C=O) groups is 1. The first-order chi connectivity index (χ1) is 15.8. The number of aromatic nitrogens is 3. The van der Waals surface area contributed by atoms with Crippen molar-refractivity contribution in [2.24, 2.45) is 0 Å². The smallest absolute Gasteiger partial charge is 0.289 e. The van der Waals surface area contributed by atoms with Crippen molar-refractivity contribution in [2.75, 3.05) is 44.3 Å². The zero-order valence-corrected chi connectivity index (χ0v) is 18.3. The monoisotopic (exact) mass is 435 g/mol. The Bertz CT molecular complexity index is 1110. The van der Waals surface area contributed by atoms with Gasteiger partial charge in [0, 0.05) is 62.6 Å². The third-order valence-electron chi connectivity index (χ3n) is 7.11. The highest BCUT2D eigenvalue weighted by Crippen LogP contribution is 2.33. The highest BCUT2D eigenvalue weighted by Gasteiger charge is 2.29. The molecule has 3 aliphatic rings. The van der Waals surface area contributed by atoms with Crippen molar-refractivity contribution in [1.82, 2.24) is 19.5 Å². The molecule has 0 bridgehead atoms. The van der Waals surface area contributed by atoms with Crippen LogP contribution in [0.1, 0.15) is 59.1 Å². The van der Waals surface area contributed by atoms with Crippen LogP contribution in [0.4, 0.5) is 5.82 Å². The summed E-state index contributed by atoms with van der Waals surface area (Å²) in [4.78, 5) is 22.0. The maximum atomic E-state index is 12.7. The van der Waals surface area contributed by atoms with E-state index in [1.165, 1.54) is 29.9 Å². The van der Waals surface area contributed by atoms with E-state index in [0.717, 1.165) is 63.3 Å². The molecule has 1 amide bonds. The van der Waals surface area contributed by atoms with Gasteiger partial charge in [0.25, 0.3) is 5.91 Å². The first kappa shape index (κ1) is 19.8. The molecule has 5 heterocycles. The van der Waals surface area contributed by atoms with Crippen LogP contribution in [0.2, 0.25) is 0 Å². The van der Waals surface area contributed by atoms with Crippen molar-refractivity contribution in [3.05, 3.63) is 47.2 Å². The first-order valence-corrected chi connectivity index (χ1v) is 11.8. The van der Waals surface area contributed by atoms with Gasteiger partial charge in [0.1, 0.15) is 5.82 Å². The van der Waals surface area contributed by atoms with Gasteiger partial charge in [0.05, 0.1) is 12.0 Å². The van der Waals surface area contributed by atoms with Crippen molar-refractivity contribution >= 4 is 17.4 Å². The van der Waals surface area contributed by atoms with Crippen LogP contribution in [0, 0.1) is 0 Å². The van der Waals surface area contributed by atoms with Crippen molar-refractivity contribution in [3.8, 4) is 0 Å². The zero-order chi connectivity index (χ0) is 21.5. The molecule has 2 fully saturated rings. The summed E-state index contributed by atoms with van der Waals surface area (Å²) in [6.07, 6.45) is 8.07. The molecular formula is C24H29N5O3. The fourth-order valence-electron chi connectivity index (χ4n) is 5.34. The molecule has 168 valence electrons. The number of anilines is 1. The van der Waals surface area contributed by atoms with E-state index in [0.29, 0.717) is 24.8 Å². The number of hydrogen-bond donors (Lipinski definition) is 0. The second-order valence-electron chi connectivity index (χ2n) is 9.05. The highest BCUT2D eigenvalue weighted by molar-refractivity contribution is 5.91. The molecule has 0 unspecified atom stereocenters. The minimum atomic E-state index is -0.0301. The molecule has 3 aromatic rings. The Labute approximate surface area is 187 Å². The molecule has 2 aliphatic heterocycles. The number of aryl methyl sites for hydroxylation is 1. The molecule has 0 saturated carbocycles. The van der Waals surface area contributed by atoms with E-state index in [4.69, 9.17) is 19.2 Å². The highest BCUT2D eigenvalue weighted by atomic mass is 16.5. The SMILES string of the molecule is O=C(c1ccco1)N1CCN(c2c3c(nc4cc(C5CCOCC5)nn24)CCCC3)CC1. The normalized spacial score (nSPS) is 20.0. The predicted molar refractivity (Wildman–Crippen MR) is 119 cm³/mol. The lowest BCUT2D eigenvalue weighted by Crippen LogP contribution is -2.49. The van der Waals surface area contributed by atoms with Gasteiger partial charge in [-0.15, -0.1) is 0 Å². The molecule has 2 saturated heterocycles. The van der Waals surface area contributed by atoms with E-state index in [1.807, 2.05) is 4.90 Å². The molecule has 0 N–H and O–H groups in total. The molecule has 3 aromatic heterocycles. The summed E-state index contributed by atoms with van der Waals surface area (Å²) < 4.78 is 13.0. The number of nitrogens with zero attached hydrogens (tertiary/aromatic N) is 5. The lowest BCUT2D eigenvalue weighted by molar-refractivity contribution is 0.0714. The second-order valence-corrected chi connectivity index (χ2v) is 9.05. The Hall–Kier alpha value is -2.87. The largest absolute Gasteiger partial charge is 0.459 e. The molecule has 32 heavy (non-hydrogen) atoms. The van der Waals surface area contributed by atoms with Crippen molar-refractivity contribution < 1.29 is 13.9 Å². The van der Waals surface area contributed by atoms with Gasteiger partial charge in [-0.2, -0.15) is 9.61 Å². The number of hydrogen-bond acceptors (Lipinski definition) is 6. The first-order valence-electron chi connectivity index (χ1n) is 11.8. The molecule has 0 atom stereocenters. The molecule has 0 radical (unpaired) electrons. The van der Waals surface area contributed by atoms with Gasteiger partial charge in [-0.1, -0.05) is 0 Å². The summed E-state index contributed by atoms with van der Waals surface area (Å²) >= 11 is 0. The maximum Gasteiger partial charge on any atom is 0.289 e. The van der Waals surface area contributed by atoms with Gasteiger partial charge in [-0.3, -0.25) is 4.79 Å². The Kier molecular flexibility index (Phi) is 5.09. The standard InChI is InChI=1S/C24H29N5O3/c30-24(21-6-3-13-32-21)28-11-9-27(10-12-28)23-18-4-1-2-5-19(18)25-22-16-20(26-29(22)23)17-7-14-31-15-8-17/h3,6,13,16-17H,1-2,4-5,7-12,14-15H2. The summed E-state index contributed by atoms with van der Waals surface area (Å²) in [5.41, 5.74) is 4.66. The Balaban J connectivity index is 1.32. The van der Waals surface area contributed by atoms with E-state index in [9.17, 15) is 4.79 Å². The summed E-state index contributed by atoms with van der Waals surface area (Å²) in [6.45, 7) is 4.52. The summed E-state index contributed by atoms with van der Waals surface area (Å²) in [7, 11) is 0. The minimum absolute atomic E-state index is 0.0301. The molecule has 8 nitrogen and oxygen atoms in total. The van der Waals surface area contributed by atoms with Crippen molar-refractivity contribution in [1.29, 1.82) is 0 Å². The Morgan fingerprint density at radius 2 is 1.88 bits per heavy atom. The summed E-state index contributed by atoms with van der Waals surface area (Å²) in [5.74, 6) is 2.01. The van der Waals surface area contributed by atoms with Crippen molar-refractivity contribution in [2.45, 2.75) is 44.4 Å². The Morgan fingerprint density at radius 3 is 2.66 bits per heavy atom. The third kappa shape index (κ3) is 3.46. The topological polar surface area (TPSA) is 76.1 Å². The second kappa shape index (κ2) is 8.24. The number of amides is 1. The van der Waals surface area contributed by atoms with E-state index in [2.05, 4.69) is 15.5 Å². The summed E-state index contributed by atoms with van der Waals surface area (Å²) in [6, 6.07) is 5.68. The lowest BCUT2D eigenvalue weighted by Gasteiger charge is -2.37. The third-order valence-corrected chi connectivity index (χ3v) is 7.11. The maximum absolute atomic E-state index is 12.7. The molecular weight excluding hydrogens is 406 g/mol. The molecule has 0 aromatic carbocycles. The molecule has 0 spiro atoms. The van der Waals surface area contributed by atoms with Crippen LogP contribution in [0.25, 0.3) is 5.65 Å². The van der Waals surface area contributed by atoms with E-state index in [-0.39, 0.29) is 5.91 Å². The quantitative estimate of drug-likeness (QED) is 0.629. The van der Waals surface area contributed by atoms with Crippen LogP contribution in [0.15, 0.2) is 28.9 Å². The predicted octanol–water partition coefficient (Wildman–Crippen LogP) is 3.06. The van der Waals surface area contributed by atoms with E-state index in [1.54, 1.807) is 18.4 Å². The number of ether oxygens (including phenoxy) is 1. The molecule has 8 heteroatoms. The number of rotatable bonds is 3. The van der Waals surface area contributed by atoms with Gasteiger partial charge in [0.2, 0.25) is 0 Å². The fraction of sp³-hybridized carbons (Fsp3) is 0.542. The van der Waals surface area contributed by atoms with Gasteiger partial charge < -0.3 is 19.0 Å². The van der Waals surface area contributed by atoms with E-state index >= 15 is 0 Å². The molecule has 1 aliphatic carbocycles. The number of fused-ring (bicyclic) bond motifs is 2. The average molecular weight is 436 g/mol. The molecule has 6 rings (SSSR count). The Morgan fingerprint density at radius 1 is 1.06 bits per heavy atom. The van der Waals surface area contributed by atoms with Crippen LogP contribution in [-0.4, -0.2) is 64.8 Å². The summed E-state index contributed by atoms with van der Waals surface area (Å²) in [5, 5.41) is 5.08. The van der Waals surface area contributed by atoms with E-state index < -0.39 is 0 Å². The fourth-order valence-corrected chi connectivity index (χ4v) is 5.34.